The first-order valence-corrected chi connectivity index (χ1v) is 9.63. The normalized spacial score (nSPS) is 11.3. The number of methoxy groups -OCH3 is 2. The average Bonchev–Trinajstić information content (AvgIpc) is 2.71. The van der Waals surface area contributed by atoms with Crippen LogP contribution >= 0.6 is 0 Å². The van der Waals surface area contributed by atoms with Gasteiger partial charge in [0.05, 0.1) is 20.3 Å². The molecule has 0 fully saturated rings. The number of benzene rings is 2. The zero-order valence-corrected chi connectivity index (χ0v) is 18.1. The largest absolute Gasteiger partial charge is 0.493 e. The Bertz CT molecular complexity index is 862. The maximum atomic E-state index is 12.7. The number of hydrogen-bond donors (Lipinski definition) is 0. The Morgan fingerprint density at radius 3 is 2.38 bits per heavy atom. The molecular formula is C23H30N2O4. The van der Waals surface area contributed by atoms with Crippen molar-refractivity contribution in [2.45, 2.75) is 33.3 Å². The summed E-state index contributed by atoms with van der Waals surface area (Å²) < 4.78 is 16.5. The molecule has 6 nitrogen and oxygen atoms in total. The lowest BCUT2D eigenvalue weighted by molar-refractivity contribution is 0.0989. The van der Waals surface area contributed by atoms with Gasteiger partial charge in [-0.05, 0) is 56.5 Å². The summed E-state index contributed by atoms with van der Waals surface area (Å²) in [7, 11) is 5.10. The molecule has 0 spiro atoms. The average molecular weight is 399 g/mol. The summed E-state index contributed by atoms with van der Waals surface area (Å²) in [5.74, 6) is 1.07. The minimum absolute atomic E-state index is 0.0954. The molecule has 0 saturated heterocycles. The Morgan fingerprint density at radius 1 is 1.07 bits per heavy atom. The molecule has 0 radical (unpaired) electrons. The second-order valence-corrected chi connectivity index (χ2v) is 7.04. The minimum Gasteiger partial charge on any atom is -0.493 e. The van der Waals surface area contributed by atoms with Gasteiger partial charge in [-0.3, -0.25) is 4.79 Å². The zero-order chi connectivity index (χ0) is 21.4. The molecule has 0 unspecified atom stereocenters. The number of amides is 1. The predicted octanol–water partition coefficient (Wildman–Crippen LogP) is 4.11. The fourth-order valence-corrected chi connectivity index (χ4v) is 2.80. The molecule has 0 aromatic heterocycles. The molecule has 29 heavy (non-hydrogen) atoms. The highest BCUT2D eigenvalue weighted by Crippen LogP contribution is 2.27. The molecule has 0 aliphatic rings. The van der Waals surface area contributed by atoms with Crippen LogP contribution in [0.15, 0.2) is 47.5 Å². The maximum Gasteiger partial charge on any atom is 0.295 e. The van der Waals surface area contributed by atoms with E-state index in [0.29, 0.717) is 29.6 Å². The fourth-order valence-electron chi connectivity index (χ4n) is 2.80. The molecule has 0 bridgehead atoms. The standard InChI is InChI=1S/C23H30N2O4/c1-16(2)29-23(24-22(26)19-10-8-7-9-17(19)3)25(4)14-13-18-11-12-20(27-5)21(15-18)28-6/h7-12,15-16H,13-14H2,1-6H3. The highest BCUT2D eigenvalue weighted by Gasteiger charge is 2.15. The molecule has 0 saturated carbocycles. The molecule has 6 heteroatoms. The smallest absolute Gasteiger partial charge is 0.295 e. The molecular weight excluding hydrogens is 368 g/mol. The first-order valence-electron chi connectivity index (χ1n) is 9.63. The van der Waals surface area contributed by atoms with Crippen LogP contribution in [0.5, 0.6) is 11.5 Å². The number of ether oxygens (including phenoxy) is 3. The zero-order valence-electron chi connectivity index (χ0n) is 18.1. The van der Waals surface area contributed by atoms with Gasteiger partial charge < -0.3 is 19.1 Å². The molecule has 2 aromatic carbocycles. The van der Waals surface area contributed by atoms with Crippen molar-refractivity contribution in [3.63, 3.8) is 0 Å². The van der Waals surface area contributed by atoms with Gasteiger partial charge in [0.2, 0.25) is 0 Å². The van der Waals surface area contributed by atoms with Gasteiger partial charge in [0.15, 0.2) is 11.5 Å². The van der Waals surface area contributed by atoms with Crippen LogP contribution in [0, 0.1) is 6.92 Å². The van der Waals surface area contributed by atoms with Crippen molar-refractivity contribution in [1.29, 1.82) is 0 Å². The fraction of sp³-hybridized carbons (Fsp3) is 0.391. The molecule has 2 rings (SSSR count). The van der Waals surface area contributed by atoms with Crippen LogP contribution in [0.2, 0.25) is 0 Å². The summed E-state index contributed by atoms with van der Waals surface area (Å²) >= 11 is 0. The van der Waals surface area contributed by atoms with E-state index in [0.717, 1.165) is 17.5 Å². The lowest BCUT2D eigenvalue weighted by Crippen LogP contribution is -2.33. The van der Waals surface area contributed by atoms with E-state index in [1.807, 2.05) is 69.1 Å². The minimum atomic E-state index is -0.309. The lowest BCUT2D eigenvalue weighted by Gasteiger charge is -2.23. The number of hydrogen-bond acceptors (Lipinski definition) is 4. The monoisotopic (exact) mass is 398 g/mol. The van der Waals surface area contributed by atoms with E-state index in [1.54, 1.807) is 20.3 Å². The van der Waals surface area contributed by atoms with Gasteiger partial charge >= 0.3 is 0 Å². The van der Waals surface area contributed by atoms with Crippen molar-refractivity contribution in [1.82, 2.24) is 4.90 Å². The summed E-state index contributed by atoms with van der Waals surface area (Å²) in [4.78, 5) is 18.8. The first kappa shape index (κ1) is 22.3. The van der Waals surface area contributed by atoms with Gasteiger partial charge in [-0.1, -0.05) is 24.3 Å². The van der Waals surface area contributed by atoms with E-state index in [1.165, 1.54) is 0 Å². The molecule has 0 heterocycles. The second-order valence-electron chi connectivity index (χ2n) is 7.04. The van der Waals surface area contributed by atoms with Crippen molar-refractivity contribution in [3.05, 3.63) is 59.2 Å². The van der Waals surface area contributed by atoms with E-state index in [-0.39, 0.29) is 12.0 Å². The van der Waals surface area contributed by atoms with E-state index in [4.69, 9.17) is 14.2 Å². The van der Waals surface area contributed by atoms with Gasteiger partial charge in [0.1, 0.15) is 0 Å². The molecule has 0 N–H and O–H groups in total. The summed E-state index contributed by atoms with van der Waals surface area (Å²) in [5.41, 5.74) is 2.55. The summed E-state index contributed by atoms with van der Waals surface area (Å²) in [6.07, 6.45) is 0.637. The number of nitrogens with zero attached hydrogens (tertiary/aromatic N) is 2. The number of rotatable bonds is 7. The van der Waals surface area contributed by atoms with Gasteiger partial charge in [-0.15, -0.1) is 0 Å². The predicted molar refractivity (Wildman–Crippen MR) is 115 cm³/mol. The molecule has 0 aliphatic heterocycles. The number of likely N-dealkylation sites (N-methyl/N-ethyl adjacent to an activating group) is 1. The molecule has 2 aromatic rings. The SMILES string of the molecule is COc1ccc(CCN(C)C(=NC(=O)c2ccccc2C)OC(C)C)cc1OC. The van der Waals surface area contributed by atoms with E-state index >= 15 is 0 Å². The van der Waals surface area contributed by atoms with E-state index < -0.39 is 0 Å². The Kier molecular flexibility index (Phi) is 8.07. The van der Waals surface area contributed by atoms with Crippen LogP contribution in [0.4, 0.5) is 0 Å². The third-order valence-electron chi connectivity index (χ3n) is 4.42. The number of carbonyl (C=O) groups excluding carboxylic acids is 1. The quantitative estimate of drug-likeness (QED) is 0.519. The molecule has 0 aliphatic carbocycles. The Hall–Kier alpha value is -3.02. The van der Waals surface area contributed by atoms with Crippen molar-refractivity contribution < 1.29 is 19.0 Å². The van der Waals surface area contributed by atoms with Gasteiger partial charge in [0.25, 0.3) is 11.9 Å². The van der Waals surface area contributed by atoms with E-state index in [9.17, 15) is 4.79 Å². The third kappa shape index (κ3) is 6.24. The summed E-state index contributed by atoms with van der Waals surface area (Å²) in [6, 6.07) is 13.5. The van der Waals surface area contributed by atoms with Crippen molar-refractivity contribution in [3.8, 4) is 11.5 Å². The number of aliphatic imine (C=N–C) groups is 1. The first-order chi connectivity index (χ1) is 13.8. The number of amidine groups is 1. The highest BCUT2D eigenvalue weighted by atomic mass is 16.5. The van der Waals surface area contributed by atoms with Gasteiger partial charge in [-0.25, -0.2) is 0 Å². The van der Waals surface area contributed by atoms with Gasteiger partial charge in [-0.2, -0.15) is 4.99 Å². The number of carbonyl (C=O) groups is 1. The van der Waals surface area contributed by atoms with Crippen molar-refractivity contribution in [2.75, 3.05) is 27.8 Å². The Morgan fingerprint density at radius 2 is 1.76 bits per heavy atom. The highest BCUT2D eigenvalue weighted by molar-refractivity contribution is 6.02. The van der Waals surface area contributed by atoms with Crippen LogP contribution in [-0.2, 0) is 11.2 Å². The van der Waals surface area contributed by atoms with Crippen LogP contribution in [0.25, 0.3) is 0 Å². The van der Waals surface area contributed by atoms with Crippen LogP contribution in [-0.4, -0.2) is 50.7 Å². The van der Waals surface area contributed by atoms with Crippen LogP contribution < -0.4 is 9.47 Å². The Balaban J connectivity index is 2.15. The lowest BCUT2D eigenvalue weighted by atomic mass is 10.1. The third-order valence-corrected chi connectivity index (χ3v) is 4.42. The maximum absolute atomic E-state index is 12.7. The van der Waals surface area contributed by atoms with Gasteiger partial charge in [0, 0.05) is 19.2 Å². The summed E-state index contributed by atoms with van der Waals surface area (Å²) in [5, 5.41) is 0. The van der Waals surface area contributed by atoms with Crippen molar-refractivity contribution in [2.24, 2.45) is 4.99 Å². The summed E-state index contributed by atoms with van der Waals surface area (Å²) in [6.45, 7) is 6.35. The Labute approximate surface area is 173 Å². The van der Waals surface area contributed by atoms with Crippen molar-refractivity contribution >= 4 is 11.9 Å². The second kappa shape index (κ2) is 10.5. The van der Waals surface area contributed by atoms with E-state index in [2.05, 4.69) is 4.99 Å². The number of aryl methyl sites for hydroxylation is 1. The topological polar surface area (TPSA) is 60.4 Å². The van der Waals surface area contributed by atoms with Crippen LogP contribution in [0.3, 0.4) is 0 Å². The molecule has 0 atom stereocenters. The van der Waals surface area contributed by atoms with Crippen LogP contribution in [0.1, 0.15) is 35.3 Å². The molecule has 156 valence electrons. The molecule has 1 amide bonds.